The summed E-state index contributed by atoms with van der Waals surface area (Å²) in [5.41, 5.74) is -0.211. The van der Waals surface area contributed by atoms with Crippen LogP contribution in [0.15, 0.2) is 30.4 Å². The Labute approximate surface area is 120 Å². The number of nitro groups is 1. The molecule has 0 aliphatic rings. The third-order valence-electron chi connectivity index (χ3n) is 2.27. The number of ketones is 1. The lowest BCUT2D eigenvalue weighted by Crippen LogP contribution is -2.05. The lowest BCUT2D eigenvalue weighted by Gasteiger charge is -1.97. The van der Waals surface area contributed by atoms with Crippen molar-refractivity contribution in [2.75, 3.05) is 7.11 Å². The van der Waals surface area contributed by atoms with Gasteiger partial charge in [0.1, 0.15) is 0 Å². The highest BCUT2D eigenvalue weighted by molar-refractivity contribution is 5.96. The van der Waals surface area contributed by atoms with Crippen molar-refractivity contribution in [3.8, 4) is 11.5 Å². The second kappa shape index (κ2) is 8.31. The van der Waals surface area contributed by atoms with Crippen molar-refractivity contribution >= 4 is 17.4 Å². The van der Waals surface area contributed by atoms with Gasteiger partial charge in [-0.15, -0.1) is 0 Å². The van der Waals surface area contributed by atoms with Crippen molar-refractivity contribution in [2.45, 2.75) is 13.3 Å². The van der Waals surface area contributed by atoms with Crippen LogP contribution in [0.3, 0.4) is 0 Å². The lowest BCUT2D eigenvalue weighted by molar-refractivity contribution is -0.386. The van der Waals surface area contributed by atoms with Gasteiger partial charge in [0.15, 0.2) is 11.5 Å². The Morgan fingerprint density at radius 2 is 1.95 bits per heavy atom. The Bertz CT molecular complexity index is 566. The van der Waals surface area contributed by atoms with E-state index in [0.29, 0.717) is 0 Å². The van der Waals surface area contributed by atoms with Crippen LogP contribution in [0, 0.1) is 10.1 Å². The van der Waals surface area contributed by atoms with E-state index in [9.17, 15) is 19.7 Å². The first kappa shape index (κ1) is 18.1. The molecule has 2 N–H and O–H groups in total. The van der Waals surface area contributed by atoms with Crippen molar-refractivity contribution in [3.63, 3.8) is 0 Å². The van der Waals surface area contributed by atoms with Crippen LogP contribution in [0.4, 0.5) is 5.69 Å². The van der Waals surface area contributed by atoms with Crippen LogP contribution in [0.5, 0.6) is 11.5 Å². The lowest BCUT2D eigenvalue weighted by atomic mass is 10.1. The van der Waals surface area contributed by atoms with Gasteiger partial charge in [0.05, 0.1) is 18.5 Å². The van der Waals surface area contributed by atoms with Gasteiger partial charge in [0.25, 0.3) is 0 Å². The molecule has 0 spiro atoms. The molecule has 0 fully saturated rings. The summed E-state index contributed by atoms with van der Waals surface area (Å²) in [5, 5.41) is 27.8. The number of aromatic hydroxyl groups is 2. The van der Waals surface area contributed by atoms with E-state index in [1.54, 1.807) is 0 Å². The van der Waals surface area contributed by atoms with Crippen LogP contribution in [-0.4, -0.2) is 34.0 Å². The van der Waals surface area contributed by atoms with Crippen LogP contribution >= 0.6 is 0 Å². The first-order valence-electron chi connectivity index (χ1n) is 5.61. The summed E-state index contributed by atoms with van der Waals surface area (Å²) in [7, 11) is 1.27. The summed E-state index contributed by atoms with van der Waals surface area (Å²) in [4.78, 5) is 30.3. The van der Waals surface area contributed by atoms with Crippen LogP contribution in [-0.2, 0) is 14.3 Å². The van der Waals surface area contributed by atoms with Crippen molar-refractivity contribution in [3.05, 3.63) is 40.5 Å². The minimum absolute atomic E-state index is 0.00810. The van der Waals surface area contributed by atoms with Crippen molar-refractivity contribution < 1.29 is 29.5 Å². The van der Waals surface area contributed by atoms with E-state index in [1.165, 1.54) is 26.2 Å². The molecule has 8 heteroatoms. The highest BCUT2D eigenvalue weighted by Crippen LogP contribution is 2.33. The third-order valence-corrected chi connectivity index (χ3v) is 2.27. The van der Waals surface area contributed by atoms with Gasteiger partial charge >= 0.3 is 11.7 Å². The smallest absolute Gasteiger partial charge is 0.314 e. The molecule has 0 aromatic heterocycles. The molecule has 0 heterocycles. The molecular formula is C13H15NO7. The van der Waals surface area contributed by atoms with Gasteiger partial charge in [-0.1, -0.05) is 12.6 Å². The Morgan fingerprint density at radius 1 is 1.38 bits per heavy atom. The third kappa shape index (κ3) is 6.19. The molecule has 8 nitrogen and oxygen atoms in total. The minimum Gasteiger partial charge on any atom is -0.504 e. The molecule has 0 unspecified atom stereocenters. The van der Waals surface area contributed by atoms with Gasteiger partial charge in [0.2, 0.25) is 5.75 Å². The molecule has 1 aromatic rings. The number of Topliss-reactive ketones (excluding diaryl/α,β-unsaturated/α-hetero) is 1. The SMILES string of the molecule is C=C(CC(=O)OC)C(C)=O.O=[N+]([O-])c1cccc(O)c1O. The summed E-state index contributed by atoms with van der Waals surface area (Å²) in [6.07, 6.45) is -0.00810. The topological polar surface area (TPSA) is 127 Å². The maximum atomic E-state index is 10.5. The van der Waals surface area contributed by atoms with Crippen LogP contribution in [0.1, 0.15) is 13.3 Å². The monoisotopic (exact) mass is 297 g/mol. The highest BCUT2D eigenvalue weighted by Gasteiger charge is 2.14. The number of carbonyl (C=O) groups excluding carboxylic acids is 2. The first-order valence-corrected chi connectivity index (χ1v) is 5.61. The molecule has 21 heavy (non-hydrogen) atoms. The van der Waals surface area contributed by atoms with Crippen LogP contribution < -0.4 is 0 Å². The number of phenolic OH excluding ortho intramolecular Hbond substituents is 2. The molecule has 1 rings (SSSR count). The summed E-state index contributed by atoms with van der Waals surface area (Å²) in [6, 6.07) is 3.56. The molecule has 0 saturated carbocycles. The molecule has 0 aliphatic heterocycles. The van der Waals surface area contributed by atoms with Gasteiger partial charge in [-0.3, -0.25) is 19.7 Å². The summed E-state index contributed by atoms with van der Waals surface area (Å²) >= 11 is 0. The highest BCUT2D eigenvalue weighted by atomic mass is 16.6. The van der Waals surface area contributed by atoms with E-state index in [4.69, 9.17) is 10.2 Å². The number of ether oxygens (including phenoxy) is 1. The predicted molar refractivity (Wildman–Crippen MR) is 72.9 cm³/mol. The Kier molecular flexibility index (Phi) is 7.16. The van der Waals surface area contributed by atoms with Gasteiger partial charge in [-0.05, 0) is 18.6 Å². The second-order valence-electron chi connectivity index (χ2n) is 3.81. The van der Waals surface area contributed by atoms with Crippen molar-refractivity contribution in [1.82, 2.24) is 0 Å². The van der Waals surface area contributed by atoms with Gasteiger partial charge in [0, 0.05) is 6.07 Å². The van der Waals surface area contributed by atoms with Crippen LogP contribution in [0.25, 0.3) is 0 Å². The van der Waals surface area contributed by atoms with Crippen molar-refractivity contribution in [1.29, 1.82) is 0 Å². The number of rotatable bonds is 4. The number of benzene rings is 1. The Balaban J connectivity index is 0.000000384. The fourth-order valence-corrected chi connectivity index (χ4v) is 1.04. The zero-order valence-electron chi connectivity index (χ0n) is 11.5. The number of phenols is 2. The predicted octanol–water partition coefficient (Wildman–Crippen LogP) is 1.70. The summed E-state index contributed by atoms with van der Waals surface area (Å²) in [6.45, 7) is 4.76. The number of methoxy groups -OCH3 is 1. The van der Waals surface area contributed by atoms with E-state index in [2.05, 4.69) is 11.3 Å². The molecule has 0 saturated heterocycles. The zero-order chi connectivity index (χ0) is 16.6. The average Bonchev–Trinajstić information content (AvgIpc) is 2.41. The number of para-hydroxylation sites is 1. The number of nitrogens with zero attached hydrogens (tertiary/aromatic N) is 1. The average molecular weight is 297 g/mol. The number of hydrogen-bond donors (Lipinski definition) is 2. The van der Waals surface area contributed by atoms with E-state index in [1.807, 2.05) is 0 Å². The normalized spacial score (nSPS) is 9.05. The molecule has 1 aromatic carbocycles. The van der Waals surface area contributed by atoms with Crippen LogP contribution in [0.2, 0.25) is 0 Å². The standard InChI is InChI=1S/C7H10O3.C6H5NO4/c1-5(6(2)8)4-7(9)10-3;8-5-3-1-2-4(6(5)9)7(10)11/h1,4H2,2-3H3;1-3,8-9H. The fraction of sp³-hybridized carbons (Fsp3) is 0.231. The molecule has 0 amide bonds. The maximum absolute atomic E-state index is 10.5. The fourth-order valence-electron chi connectivity index (χ4n) is 1.04. The molecule has 114 valence electrons. The Hall–Kier alpha value is -2.90. The van der Waals surface area contributed by atoms with Gasteiger partial charge in [-0.2, -0.15) is 0 Å². The molecule has 0 radical (unpaired) electrons. The van der Waals surface area contributed by atoms with Gasteiger partial charge in [-0.25, -0.2) is 0 Å². The summed E-state index contributed by atoms with van der Waals surface area (Å²) < 4.78 is 4.32. The number of nitro benzene ring substituents is 1. The van der Waals surface area contributed by atoms with E-state index in [-0.39, 0.29) is 17.8 Å². The van der Waals surface area contributed by atoms with Crippen molar-refractivity contribution in [2.24, 2.45) is 0 Å². The molecule has 0 aliphatic carbocycles. The first-order chi connectivity index (χ1) is 9.70. The molecule has 0 bridgehead atoms. The second-order valence-corrected chi connectivity index (χ2v) is 3.81. The van der Waals surface area contributed by atoms with E-state index >= 15 is 0 Å². The Morgan fingerprint density at radius 3 is 2.33 bits per heavy atom. The summed E-state index contributed by atoms with van der Waals surface area (Å²) in [5.74, 6) is -1.79. The number of hydrogen-bond acceptors (Lipinski definition) is 7. The largest absolute Gasteiger partial charge is 0.504 e. The van der Waals surface area contributed by atoms with E-state index < -0.39 is 28.1 Å². The number of carbonyl (C=O) groups is 2. The molecular weight excluding hydrogens is 282 g/mol. The zero-order valence-corrected chi connectivity index (χ0v) is 11.5. The molecule has 0 atom stereocenters. The van der Waals surface area contributed by atoms with Gasteiger partial charge < -0.3 is 14.9 Å². The minimum atomic E-state index is -0.769. The van der Waals surface area contributed by atoms with E-state index in [0.717, 1.165) is 6.07 Å². The quantitative estimate of drug-likeness (QED) is 0.284. The number of esters is 1. The maximum Gasteiger partial charge on any atom is 0.314 e.